The molecule has 0 unspecified atom stereocenters. The van der Waals surface area contributed by atoms with Crippen LogP contribution in [0.3, 0.4) is 0 Å². The Morgan fingerprint density at radius 1 is 0.591 bits per heavy atom. The molecule has 0 rings (SSSR count). The van der Waals surface area contributed by atoms with Crippen LogP contribution in [0.1, 0.15) is 84.0 Å². The Morgan fingerprint density at radius 2 is 1.00 bits per heavy atom. The number of nitrogens with zero attached hydrogens (tertiary/aromatic N) is 2. The first-order valence-corrected chi connectivity index (χ1v) is 9.94. The van der Waals surface area contributed by atoms with E-state index in [-0.39, 0.29) is 0 Å². The molecule has 0 aromatic rings. The summed E-state index contributed by atoms with van der Waals surface area (Å²) in [6, 6.07) is 0. The van der Waals surface area contributed by atoms with Crippen LogP contribution < -0.4 is 0 Å². The summed E-state index contributed by atoms with van der Waals surface area (Å²) in [5.41, 5.74) is 0. The standard InChI is InChI=1S/C20H45N2/c1-6-7-8-9-10-11-12-13-14-15-16-17-19-22(4,5)20-18-21(2)3/h6-20H2,1-5H3/q+1. The minimum Gasteiger partial charge on any atom is -0.327 e. The molecule has 0 saturated heterocycles. The molecular weight excluding hydrogens is 268 g/mol. The predicted octanol–water partition coefficient (Wildman–Crippen LogP) is 5.33. The summed E-state index contributed by atoms with van der Waals surface area (Å²) in [5.74, 6) is 0. The van der Waals surface area contributed by atoms with Crippen molar-refractivity contribution in [3.05, 3.63) is 0 Å². The van der Waals surface area contributed by atoms with Gasteiger partial charge in [-0.15, -0.1) is 0 Å². The number of rotatable bonds is 16. The third-order valence-electron chi connectivity index (χ3n) is 4.77. The van der Waals surface area contributed by atoms with Crippen LogP contribution in [0.25, 0.3) is 0 Å². The smallest absolute Gasteiger partial charge is 0.0911 e. The summed E-state index contributed by atoms with van der Waals surface area (Å²) in [4.78, 5) is 2.29. The highest BCUT2D eigenvalue weighted by atomic mass is 15.3. The highest BCUT2D eigenvalue weighted by molar-refractivity contribution is 4.49. The van der Waals surface area contributed by atoms with E-state index in [0.29, 0.717) is 0 Å². The normalized spacial score (nSPS) is 12.3. The van der Waals surface area contributed by atoms with Crippen molar-refractivity contribution in [2.45, 2.75) is 84.0 Å². The molecule has 0 aliphatic rings. The average Bonchev–Trinajstić information content (AvgIpc) is 2.46. The van der Waals surface area contributed by atoms with Crippen LogP contribution in [0, 0.1) is 0 Å². The van der Waals surface area contributed by atoms with Gasteiger partial charge in [0.05, 0.1) is 27.2 Å². The van der Waals surface area contributed by atoms with Gasteiger partial charge in [-0.05, 0) is 26.9 Å². The molecule has 0 atom stereocenters. The molecule has 0 amide bonds. The van der Waals surface area contributed by atoms with E-state index in [0.717, 1.165) is 0 Å². The lowest BCUT2D eigenvalue weighted by Gasteiger charge is -2.31. The molecule has 0 saturated carbocycles. The van der Waals surface area contributed by atoms with E-state index in [2.05, 4.69) is 40.0 Å². The van der Waals surface area contributed by atoms with E-state index < -0.39 is 0 Å². The molecular formula is C20H45N2+. The van der Waals surface area contributed by atoms with Crippen molar-refractivity contribution >= 4 is 0 Å². The van der Waals surface area contributed by atoms with Gasteiger partial charge in [-0.1, -0.05) is 71.1 Å². The molecule has 0 radical (unpaired) electrons. The lowest BCUT2D eigenvalue weighted by atomic mass is 10.1. The fourth-order valence-corrected chi connectivity index (χ4v) is 2.96. The van der Waals surface area contributed by atoms with Gasteiger partial charge in [0.1, 0.15) is 0 Å². The fourth-order valence-electron chi connectivity index (χ4n) is 2.96. The van der Waals surface area contributed by atoms with E-state index >= 15 is 0 Å². The third-order valence-corrected chi connectivity index (χ3v) is 4.77. The molecule has 0 aromatic heterocycles. The zero-order valence-electron chi connectivity index (χ0n) is 16.5. The zero-order chi connectivity index (χ0) is 16.7. The van der Waals surface area contributed by atoms with Crippen molar-refractivity contribution in [3.63, 3.8) is 0 Å². The molecule has 134 valence electrons. The Kier molecular flexibility index (Phi) is 14.5. The van der Waals surface area contributed by atoms with E-state index in [1.807, 2.05) is 0 Å². The highest BCUT2D eigenvalue weighted by Crippen LogP contribution is 2.12. The zero-order valence-corrected chi connectivity index (χ0v) is 16.5. The molecule has 2 nitrogen and oxygen atoms in total. The quantitative estimate of drug-likeness (QED) is 0.275. The summed E-state index contributed by atoms with van der Waals surface area (Å²) >= 11 is 0. The second-order valence-electron chi connectivity index (χ2n) is 8.08. The molecule has 0 aliphatic carbocycles. The third kappa shape index (κ3) is 16.3. The fraction of sp³-hybridized carbons (Fsp3) is 1.00. The van der Waals surface area contributed by atoms with Crippen LogP contribution in [-0.2, 0) is 0 Å². The lowest BCUT2D eigenvalue weighted by molar-refractivity contribution is -0.890. The second kappa shape index (κ2) is 14.5. The monoisotopic (exact) mass is 313 g/mol. The molecule has 0 aliphatic heterocycles. The lowest BCUT2D eigenvalue weighted by Crippen LogP contribution is -2.44. The van der Waals surface area contributed by atoms with E-state index in [1.54, 1.807) is 0 Å². The number of hydrogen-bond acceptors (Lipinski definition) is 1. The molecule has 22 heavy (non-hydrogen) atoms. The summed E-state index contributed by atoms with van der Waals surface area (Å²) < 4.78 is 1.18. The number of likely N-dealkylation sites (N-methyl/N-ethyl adjacent to an activating group) is 2. The van der Waals surface area contributed by atoms with Crippen LogP contribution in [0.15, 0.2) is 0 Å². The maximum Gasteiger partial charge on any atom is 0.0911 e. The van der Waals surface area contributed by atoms with Gasteiger partial charge in [-0.3, -0.25) is 0 Å². The van der Waals surface area contributed by atoms with Crippen molar-refractivity contribution in [1.29, 1.82) is 0 Å². The van der Waals surface area contributed by atoms with Gasteiger partial charge in [-0.2, -0.15) is 0 Å². The summed E-state index contributed by atoms with van der Waals surface area (Å²) in [6.45, 7) is 6.10. The topological polar surface area (TPSA) is 3.24 Å². The van der Waals surface area contributed by atoms with Crippen LogP contribution >= 0.6 is 0 Å². The number of hydrogen-bond donors (Lipinski definition) is 0. The number of unbranched alkanes of at least 4 members (excludes halogenated alkanes) is 11. The van der Waals surface area contributed by atoms with E-state index in [4.69, 9.17) is 0 Å². The predicted molar refractivity (Wildman–Crippen MR) is 101 cm³/mol. The molecule has 0 heterocycles. The average molecular weight is 314 g/mol. The molecule has 0 bridgehead atoms. The molecule has 0 fully saturated rings. The number of quaternary nitrogens is 1. The Balaban J connectivity index is 3.25. The van der Waals surface area contributed by atoms with Crippen molar-refractivity contribution in [1.82, 2.24) is 4.90 Å². The van der Waals surface area contributed by atoms with Gasteiger partial charge in [0.2, 0.25) is 0 Å². The first kappa shape index (κ1) is 21.9. The van der Waals surface area contributed by atoms with E-state index in [9.17, 15) is 0 Å². The minimum absolute atomic E-state index is 1.18. The molecule has 0 spiro atoms. The largest absolute Gasteiger partial charge is 0.327 e. The summed E-state index contributed by atoms with van der Waals surface area (Å²) in [6.07, 6.45) is 17.3. The highest BCUT2D eigenvalue weighted by Gasteiger charge is 2.14. The van der Waals surface area contributed by atoms with Crippen molar-refractivity contribution in [2.24, 2.45) is 0 Å². The van der Waals surface area contributed by atoms with Gasteiger partial charge in [-0.25, -0.2) is 0 Å². The van der Waals surface area contributed by atoms with Gasteiger partial charge >= 0.3 is 0 Å². The van der Waals surface area contributed by atoms with Crippen LogP contribution in [0.4, 0.5) is 0 Å². The summed E-state index contributed by atoms with van der Waals surface area (Å²) in [7, 11) is 9.09. The maximum atomic E-state index is 2.38. The van der Waals surface area contributed by atoms with Gasteiger partial charge in [0.15, 0.2) is 0 Å². The first-order valence-electron chi connectivity index (χ1n) is 9.94. The molecule has 0 aromatic carbocycles. The summed E-state index contributed by atoms with van der Waals surface area (Å²) in [5, 5.41) is 0. The van der Waals surface area contributed by atoms with Gasteiger partial charge in [0.25, 0.3) is 0 Å². The van der Waals surface area contributed by atoms with Gasteiger partial charge < -0.3 is 9.38 Å². The molecule has 0 N–H and O–H groups in total. The maximum absolute atomic E-state index is 2.38. The van der Waals surface area contributed by atoms with Gasteiger partial charge in [0, 0.05) is 6.54 Å². The second-order valence-corrected chi connectivity index (χ2v) is 8.08. The molecule has 2 heteroatoms. The Hall–Kier alpha value is -0.0800. The SMILES string of the molecule is CCCCCCCCCCCCCC[N+](C)(C)CCN(C)C. The Morgan fingerprint density at radius 3 is 1.41 bits per heavy atom. The van der Waals surface area contributed by atoms with E-state index in [1.165, 1.54) is 101 Å². The van der Waals surface area contributed by atoms with Crippen molar-refractivity contribution < 1.29 is 4.48 Å². The van der Waals surface area contributed by atoms with Crippen molar-refractivity contribution in [3.8, 4) is 0 Å². The Bertz CT molecular complexity index is 224. The van der Waals surface area contributed by atoms with Crippen LogP contribution in [0.2, 0.25) is 0 Å². The Labute approximate surface area is 141 Å². The van der Waals surface area contributed by atoms with Crippen LogP contribution in [-0.4, -0.2) is 57.2 Å². The van der Waals surface area contributed by atoms with Crippen LogP contribution in [0.5, 0.6) is 0 Å². The first-order chi connectivity index (χ1) is 10.5. The minimum atomic E-state index is 1.18. The van der Waals surface area contributed by atoms with Crippen molar-refractivity contribution in [2.75, 3.05) is 47.8 Å².